The fourth-order valence-electron chi connectivity index (χ4n) is 3.37. The lowest BCUT2D eigenvalue weighted by atomic mass is 10.1. The molecule has 1 aliphatic carbocycles. The highest BCUT2D eigenvalue weighted by Gasteiger charge is 2.24. The Labute approximate surface area is 139 Å². The van der Waals surface area contributed by atoms with E-state index in [1.54, 1.807) is 13.1 Å². The Balaban J connectivity index is 1.76. The predicted molar refractivity (Wildman–Crippen MR) is 86.7 cm³/mol. The minimum Gasteiger partial charge on any atom is -0.345 e. The van der Waals surface area contributed by atoms with Gasteiger partial charge in [-0.25, -0.2) is 8.78 Å². The van der Waals surface area contributed by atoms with Crippen LogP contribution in [0.5, 0.6) is 0 Å². The van der Waals surface area contributed by atoms with E-state index in [1.165, 1.54) is 25.0 Å². The molecule has 0 radical (unpaired) electrons. The first-order valence-electron chi connectivity index (χ1n) is 8.28. The van der Waals surface area contributed by atoms with E-state index in [0.29, 0.717) is 11.6 Å². The van der Waals surface area contributed by atoms with Crippen molar-refractivity contribution in [1.29, 1.82) is 0 Å². The molecule has 1 atom stereocenters. The van der Waals surface area contributed by atoms with Gasteiger partial charge in [0.05, 0.1) is 23.8 Å². The molecule has 1 aromatic carbocycles. The molecule has 3 rings (SSSR count). The number of hydrogen-bond donors (Lipinski definition) is 1. The molecule has 0 aliphatic heterocycles. The third kappa shape index (κ3) is 3.05. The van der Waals surface area contributed by atoms with E-state index in [9.17, 15) is 13.6 Å². The van der Waals surface area contributed by atoms with Gasteiger partial charge in [-0.15, -0.1) is 0 Å². The van der Waals surface area contributed by atoms with Gasteiger partial charge in [0.25, 0.3) is 5.91 Å². The van der Waals surface area contributed by atoms with Crippen LogP contribution in [0.4, 0.5) is 8.78 Å². The smallest absolute Gasteiger partial charge is 0.255 e. The fraction of sp³-hybridized carbons (Fsp3) is 0.444. The fourth-order valence-corrected chi connectivity index (χ4v) is 3.37. The molecule has 0 saturated heterocycles. The first-order valence-corrected chi connectivity index (χ1v) is 8.28. The van der Waals surface area contributed by atoms with Gasteiger partial charge in [-0.05, 0) is 32.8 Å². The first-order chi connectivity index (χ1) is 11.5. The lowest BCUT2D eigenvalue weighted by Crippen LogP contribution is -2.28. The highest BCUT2D eigenvalue weighted by atomic mass is 19.2. The molecule has 6 heteroatoms. The number of nitrogens with one attached hydrogen (secondary N) is 1. The highest BCUT2D eigenvalue weighted by molar-refractivity contribution is 5.95. The monoisotopic (exact) mass is 333 g/mol. The number of aromatic nitrogens is 2. The second-order valence-electron chi connectivity index (χ2n) is 6.36. The van der Waals surface area contributed by atoms with Crippen molar-refractivity contribution in [3.63, 3.8) is 0 Å². The zero-order valence-corrected chi connectivity index (χ0v) is 13.9. The van der Waals surface area contributed by atoms with Crippen LogP contribution < -0.4 is 5.32 Å². The summed E-state index contributed by atoms with van der Waals surface area (Å²) in [5.74, 6) is -2.17. The maximum atomic E-state index is 13.8. The van der Waals surface area contributed by atoms with Crippen molar-refractivity contribution in [2.75, 3.05) is 0 Å². The maximum absolute atomic E-state index is 13.8. The lowest BCUT2D eigenvalue weighted by Gasteiger charge is -2.16. The van der Waals surface area contributed by atoms with Crippen LogP contribution in [0.1, 0.15) is 66.3 Å². The molecular formula is C18H21F2N3O. The van der Waals surface area contributed by atoms with E-state index >= 15 is 0 Å². The van der Waals surface area contributed by atoms with E-state index in [1.807, 2.05) is 11.6 Å². The molecule has 1 amide bonds. The van der Waals surface area contributed by atoms with Crippen molar-refractivity contribution in [3.8, 4) is 0 Å². The summed E-state index contributed by atoms with van der Waals surface area (Å²) in [6, 6.07) is 3.67. The van der Waals surface area contributed by atoms with Crippen LogP contribution in [0.2, 0.25) is 0 Å². The third-order valence-corrected chi connectivity index (χ3v) is 4.76. The van der Waals surface area contributed by atoms with Gasteiger partial charge in [-0.3, -0.25) is 9.48 Å². The van der Waals surface area contributed by atoms with E-state index < -0.39 is 17.7 Å². The second-order valence-corrected chi connectivity index (χ2v) is 6.36. The number of amides is 1. The molecule has 24 heavy (non-hydrogen) atoms. The molecule has 4 nitrogen and oxygen atoms in total. The van der Waals surface area contributed by atoms with Crippen LogP contribution in [0.25, 0.3) is 0 Å². The number of carbonyl (C=O) groups excluding carboxylic acids is 1. The maximum Gasteiger partial charge on any atom is 0.255 e. The summed E-state index contributed by atoms with van der Waals surface area (Å²) in [5.41, 5.74) is 1.42. The van der Waals surface area contributed by atoms with Gasteiger partial charge in [-0.2, -0.15) is 5.10 Å². The van der Waals surface area contributed by atoms with Crippen LogP contribution in [-0.4, -0.2) is 15.7 Å². The Bertz CT molecular complexity index is 751. The standard InChI is InChI=1S/C18H21F2N3O/c1-11(14-8-5-9-16(19)17(14)20)22-18(24)15-10-21-23(12(15)2)13-6-3-4-7-13/h5,8-11,13H,3-4,6-7H2,1-2H3,(H,22,24). The molecule has 0 spiro atoms. The molecular weight excluding hydrogens is 312 g/mol. The molecule has 0 bridgehead atoms. The van der Waals surface area contributed by atoms with Gasteiger partial charge in [0.15, 0.2) is 11.6 Å². The minimum absolute atomic E-state index is 0.129. The van der Waals surface area contributed by atoms with Gasteiger partial charge in [-0.1, -0.05) is 25.0 Å². The van der Waals surface area contributed by atoms with Crippen LogP contribution in [0.15, 0.2) is 24.4 Å². The minimum atomic E-state index is -0.927. The summed E-state index contributed by atoms with van der Waals surface area (Å²) in [6.45, 7) is 3.50. The first kappa shape index (κ1) is 16.6. The molecule has 1 unspecified atom stereocenters. The molecule has 1 aliphatic rings. The quantitative estimate of drug-likeness (QED) is 0.916. The van der Waals surface area contributed by atoms with E-state index in [0.717, 1.165) is 24.6 Å². The van der Waals surface area contributed by atoms with Crippen molar-refractivity contribution >= 4 is 5.91 Å². The van der Waals surface area contributed by atoms with Crippen molar-refractivity contribution in [1.82, 2.24) is 15.1 Å². The van der Waals surface area contributed by atoms with Gasteiger partial charge >= 0.3 is 0 Å². The highest BCUT2D eigenvalue weighted by Crippen LogP contribution is 2.30. The summed E-state index contributed by atoms with van der Waals surface area (Å²) in [5, 5.41) is 7.08. The van der Waals surface area contributed by atoms with Gasteiger partial charge < -0.3 is 5.32 Å². The van der Waals surface area contributed by atoms with Crippen LogP contribution in [0, 0.1) is 18.6 Å². The van der Waals surface area contributed by atoms with Crippen molar-refractivity contribution in [2.24, 2.45) is 0 Å². The summed E-state index contributed by atoms with van der Waals surface area (Å²) >= 11 is 0. The molecule has 1 saturated carbocycles. The summed E-state index contributed by atoms with van der Waals surface area (Å²) in [7, 11) is 0. The second kappa shape index (κ2) is 6.71. The van der Waals surface area contributed by atoms with Gasteiger partial charge in [0.1, 0.15) is 0 Å². The van der Waals surface area contributed by atoms with Crippen LogP contribution in [-0.2, 0) is 0 Å². The van der Waals surface area contributed by atoms with Crippen molar-refractivity contribution in [3.05, 3.63) is 52.9 Å². The number of nitrogens with zero attached hydrogens (tertiary/aromatic N) is 2. The van der Waals surface area contributed by atoms with Crippen LogP contribution >= 0.6 is 0 Å². The molecule has 1 aromatic heterocycles. The average Bonchev–Trinajstić information content (AvgIpc) is 3.19. The largest absolute Gasteiger partial charge is 0.345 e. The Hall–Kier alpha value is -2.24. The topological polar surface area (TPSA) is 46.9 Å². The summed E-state index contributed by atoms with van der Waals surface area (Å²) < 4.78 is 29.1. The Kier molecular flexibility index (Phi) is 4.64. The zero-order chi connectivity index (χ0) is 17.3. The number of rotatable bonds is 4. The number of hydrogen-bond acceptors (Lipinski definition) is 2. The Morgan fingerprint density at radius 2 is 2.04 bits per heavy atom. The zero-order valence-electron chi connectivity index (χ0n) is 13.9. The van der Waals surface area contributed by atoms with Crippen LogP contribution in [0.3, 0.4) is 0 Å². The molecule has 1 fully saturated rings. The number of benzene rings is 1. The van der Waals surface area contributed by atoms with E-state index in [4.69, 9.17) is 0 Å². The summed E-state index contributed by atoms with van der Waals surface area (Å²) in [4.78, 5) is 12.5. The Morgan fingerprint density at radius 1 is 1.33 bits per heavy atom. The Morgan fingerprint density at radius 3 is 2.75 bits per heavy atom. The van der Waals surface area contributed by atoms with E-state index in [-0.39, 0.29) is 11.5 Å². The van der Waals surface area contributed by atoms with Gasteiger partial charge in [0.2, 0.25) is 0 Å². The number of halogens is 2. The third-order valence-electron chi connectivity index (χ3n) is 4.76. The van der Waals surface area contributed by atoms with Gasteiger partial charge in [0, 0.05) is 11.3 Å². The normalized spacial score (nSPS) is 16.3. The molecule has 2 aromatic rings. The average molecular weight is 333 g/mol. The SMILES string of the molecule is Cc1c(C(=O)NC(C)c2cccc(F)c2F)cnn1C1CCCC1. The van der Waals surface area contributed by atoms with Crippen molar-refractivity contribution in [2.45, 2.75) is 51.6 Å². The molecule has 1 N–H and O–H groups in total. The van der Waals surface area contributed by atoms with E-state index in [2.05, 4.69) is 10.4 Å². The predicted octanol–water partition coefficient (Wildman–Crippen LogP) is 4.08. The molecule has 1 heterocycles. The summed E-state index contributed by atoms with van der Waals surface area (Å²) in [6.07, 6.45) is 6.07. The lowest BCUT2D eigenvalue weighted by molar-refractivity contribution is 0.0938. The van der Waals surface area contributed by atoms with Crippen molar-refractivity contribution < 1.29 is 13.6 Å². The number of carbonyl (C=O) groups is 1. The molecule has 128 valence electrons.